The second-order valence-electron chi connectivity index (χ2n) is 7.45. The zero-order valence-corrected chi connectivity index (χ0v) is 20.2. The topological polar surface area (TPSA) is 127 Å². The number of carbonyl (C=O) groups is 2. The van der Waals surface area contributed by atoms with Crippen LogP contribution in [0.1, 0.15) is 56.3 Å². The first-order chi connectivity index (χ1) is 15.7. The second kappa shape index (κ2) is 12.5. The summed E-state index contributed by atoms with van der Waals surface area (Å²) in [6.07, 6.45) is 3.75. The van der Waals surface area contributed by atoms with Crippen molar-refractivity contribution in [1.82, 2.24) is 9.55 Å². The van der Waals surface area contributed by atoms with E-state index < -0.39 is 29.7 Å². The minimum atomic E-state index is -0.812. The molecule has 1 heterocycles. The molecule has 0 fully saturated rings. The maximum Gasteiger partial charge on any atom is 0.340 e. The van der Waals surface area contributed by atoms with E-state index in [0.29, 0.717) is 24.4 Å². The number of halogens is 2. The van der Waals surface area contributed by atoms with Gasteiger partial charge in [-0.05, 0) is 31.0 Å². The quantitative estimate of drug-likeness (QED) is 0.359. The Balaban J connectivity index is 2.32. The van der Waals surface area contributed by atoms with Gasteiger partial charge in [0.05, 0.1) is 10.6 Å². The van der Waals surface area contributed by atoms with E-state index in [1.807, 2.05) is 13.8 Å². The number of hydrogen-bond donors (Lipinski definition) is 2. The summed E-state index contributed by atoms with van der Waals surface area (Å²) in [5.41, 5.74) is 4.67. The molecule has 0 spiro atoms. The molecule has 0 saturated heterocycles. The fourth-order valence-electron chi connectivity index (χ4n) is 3.20. The lowest BCUT2D eigenvalue weighted by Gasteiger charge is -2.24. The number of carbonyl (C=O) groups excluding carboxylic acids is 2. The molecule has 0 aliphatic heterocycles. The highest BCUT2D eigenvalue weighted by Crippen LogP contribution is 2.22. The van der Waals surface area contributed by atoms with Crippen LogP contribution in [0.4, 0.5) is 11.5 Å². The normalized spacial score (nSPS) is 10.8. The number of amides is 1. The van der Waals surface area contributed by atoms with Crippen molar-refractivity contribution in [3.63, 3.8) is 0 Å². The number of benzene rings is 1. The van der Waals surface area contributed by atoms with Crippen LogP contribution in [0.5, 0.6) is 0 Å². The summed E-state index contributed by atoms with van der Waals surface area (Å²) in [6.45, 7) is 3.78. The lowest BCUT2D eigenvalue weighted by atomic mass is 10.2. The molecule has 0 bridgehead atoms. The van der Waals surface area contributed by atoms with Gasteiger partial charge in [0.1, 0.15) is 5.82 Å². The van der Waals surface area contributed by atoms with Gasteiger partial charge in [0.15, 0.2) is 12.3 Å². The maximum atomic E-state index is 13.0. The van der Waals surface area contributed by atoms with Crippen LogP contribution in [-0.2, 0) is 16.1 Å². The second-order valence-corrected chi connectivity index (χ2v) is 8.29. The molecule has 0 unspecified atom stereocenters. The van der Waals surface area contributed by atoms with E-state index in [-0.39, 0.29) is 28.6 Å². The predicted molar refractivity (Wildman–Crippen MR) is 129 cm³/mol. The molecule has 2 rings (SSSR count). The number of aromatic amines is 1. The van der Waals surface area contributed by atoms with E-state index in [2.05, 4.69) is 4.98 Å². The molecule has 0 saturated carbocycles. The van der Waals surface area contributed by atoms with Gasteiger partial charge in [-0.25, -0.2) is 9.59 Å². The summed E-state index contributed by atoms with van der Waals surface area (Å²) in [5.74, 6) is -1.56. The zero-order valence-electron chi connectivity index (χ0n) is 18.7. The number of hydrogen-bond acceptors (Lipinski definition) is 6. The van der Waals surface area contributed by atoms with Crippen LogP contribution in [0.15, 0.2) is 27.8 Å². The van der Waals surface area contributed by atoms with Crippen LogP contribution in [0.2, 0.25) is 10.0 Å². The Labute approximate surface area is 201 Å². The Morgan fingerprint density at radius 3 is 2.45 bits per heavy atom. The number of nitrogen functional groups attached to an aromatic ring is 1. The molecule has 1 aromatic heterocycles. The Hall–Kier alpha value is -2.78. The van der Waals surface area contributed by atoms with E-state index in [4.69, 9.17) is 33.7 Å². The molecule has 1 aromatic carbocycles. The van der Waals surface area contributed by atoms with Crippen molar-refractivity contribution < 1.29 is 14.3 Å². The van der Waals surface area contributed by atoms with Crippen LogP contribution in [0.3, 0.4) is 0 Å². The van der Waals surface area contributed by atoms with Crippen molar-refractivity contribution in [2.45, 2.75) is 52.5 Å². The molecule has 180 valence electrons. The van der Waals surface area contributed by atoms with Crippen molar-refractivity contribution in [3.8, 4) is 0 Å². The van der Waals surface area contributed by atoms with Crippen molar-refractivity contribution in [2.75, 3.05) is 23.8 Å². The van der Waals surface area contributed by atoms with Gasteiger partial charge in [-0.1, -0.05) is 56.3 Å². The first-order valence-corrected chi connectivity index (χ1v) is 11.5. The highest BCUT2D eigenvalue weighted by Gasteiger charge is 2.25. The van der Waals surface area contributed by atoms with Crippen molar-refractivity contribution in [1.29, 1.82) is 0 Å². The fourth-order valence-corrected chi connectivity index (χ4v) is 3.68. The third-order valence-corrected chi connectivity index (χ3v) is 5.53. The number of anilines is 2. The molecule has 9 nitrogen and oxygen atoms in total. The Morgan fingerprint density at radius 2 is 1.82 bits per heavy atom. The van der Waals surface area contributed by atoms with Gasteiger partial charge >= 0.3 is 11.7 Å². The number of nitrogens with one attached hydrogen (secondary N) is 1. The minimum Gasteiger partial charge on any atom is -0.452 e. The van der Waals surface area contributed by atoms with E-state index >= 15 is 0 Å². The van der Waals surface area contributed by atoms with Gasteiger partial charge < -0.3 is 15.4 Å². The summed E-state index contributed by atoms with van der Waals surface area (Å²) >= 11 is 11.9. The number of rotatable bonds is 11. The molecule has 0 aliphatic carbocycles. The highest BCUT2D eigenvalue weighted by molar-refractivity contribution is 6.36. The number of nitrogens with zero attached hydrogens (tertiary/aromatic N) is 2. The monoisotopic (exact) mass is 498 g/mol. The van der Waals surface area contributed by atoms with Crippen LogP contribution in [0, 0.1) is 0 Å². The van der Waals surface area contributed by atoms with Crippen LogP contribution in [-0.4, -0.2) is 34.6 Å². The summed E-state index contributed by atoms with van der Waals surface area (Å²) in [6, 6.07) is 4.25. The van der Waals surface area contributed by atoms with E-state index in [1.165, 1.54) is 27.7 Å². The molecule has 0 atom stereocenters. The minimum absolute atomic E-state index is 0.0527. The molecule has 33 heavy (non-hydrogen) atoms. The number of esters is 1. The number of H-pyrrole nitrogens is 1. The number of unbranched alkanes of at least 4 members (excludes halogenated alkanes) is 3. The van der Waals surface area contributed by atoms with Crippen LogP contribution < -0.4 is 21.9 Å². The predicted octanol–water partition coefficient (Wildman–Crippen LogP) is 3.61. The summed E-state index contributed by atoms with van der Waals surface area (Å²) < 4.78 is 6.37. The van der Waals surface area contributed by atoms with E-state index in [0.717, 1.165) is 19.3 Å². The van der Waals surface area contributed by atoms with Crippen molar-refractivity contribution in [3.05, 3.63) is 54.6 Å². The molecule has 11 heteroatoms. The number of ether oxygens (including phenoxy) is 1. The summed E-state index contributed by atoms with van der Waals surface area (Å²) in [4.78, 5) is 53.7. The SMILES string of the molecule is CCCCCN(C(=O)COC(=O)c1ccc(Cl)cc1Cl)c1c(N)n(CCCC)c(=O)[nH]c1=O. The zero-order chi connectivity index (χ0) is 24.5. The Morgan fingerprint density at radius 1 is 1.12 bits per heavy atom. The van der Waals surface area contributed by atoms with Crippen molar-refractivity contribution >= 4 is 46.6 Å². The molecule has 0 radical (unpaired) electrons. The van der Waals surface area contributed by atoms with Gasteiger partial charge in [-0.2, -0.15) is 0 Å². The third-order valence-electron chi connectivity index (χ3n) is 4.98. The molecular weight excluding hydrogens is 471 g/mol. The van der Waals surface area contributed by atoms with Gasteiger partial charge in [0.2, 0.25) is 0 Å². The van der Waals surface area contributed by atoms with Crippen LogP contribution >= 0.6 is 23.2 Å². The molecule has 0 aliphatic rings. The highest BCUT2D eigenvalue weighted by atomic mass is 35.5. The molecule has 2 aromatic rings. The van der Waals surface area contributed by atoms with E-state index in [1.54, 1.807) is 0 Å². The standard InChI is InChI=1S/C22H28Cl2N4O5/c1-3-5-7-11-27(18-19(25)28(10-6-4-2)22(32)26-20(18)30)17(29)13-33-21(31)15-9-8-14(23)12-16(15)24/h8-9,12H,3-7,10-11,13,25H2,1-2H3,(H,26,30,32). The van der Waals surface area contributed by atoms with E-state index in [9.17, 15) is 19.2 Å². The number of aromatic nitrogens is 2. The Bertz CT molecular complexity index is 1110. The Kier molecular flexibility index (Phi) is 9.99. The average Bonchev–Trinajstić information content (AvgIpc) is 2.76. The smallest absolute Gasteiger partial charge is 0.340 e. The largest absolute Gasteiger partial charge is 0.452 e. The van der Waals surface area contributed by atoms with Gasteiger partial charge in [-0.3, -0.25) is 19.1 Å². The molecule has 1 amide bonds. The molecule has 3 N–H and O–H groups in total. The van der Waals surface area contributed by atoms with Crippen LogP contribution in [0.25, 0.3) is 0 Å². The third kappa shape index (κ3) is 6.85. The lowest BCUT2D eigenvalue weighted by molar-refractivity contribution is -0.121. The number of nitrogens with two attached hydrogens (primary N) is 1. The van der Waals surface area contributed by atoms with Crippen molar-refractivity contribution in [2.24, 2.45) is 0 Å². The fraction of sp³-hybridized carbons (Fsp3) is 0.455. The molecular formula is C22H28Cl2N4O5. The summed E-state index contributed by atoms with van der Waals surface area (Å²) in [5, 5.41) is 0.436. The first kappa shape index (κ1) is 26.5. The van der Waals surface area contributed by atoms with Gasteiger partial charge in [0, 0.05) is 18.1 Å². The summed E-state index contributed by atoms with van der Waals surface area (Å²) in [7, 11) is 0. The van der Waals surface area contributed by atoms with Gasteiger partial charge in [0.25, 0.3) is 11.5 Å². The van der Waals surface area contributed by atoms with Gasteiger partial charge in [-0.15, -0.1) is 0 Å². The lowest BCUT2D eigenvalue weighted by Crippen LogP contribution is -2.43. The average molecular weight is 499 g/mol. The maximum absolute atomic E-state index is 13.0. The first-order valence-electron chi connectivity index (χ1n) is 10.8.